The zero-order valence-electron chi connectivity index (χ0n) is 7.87. The van der Waals surface area contributed by atoms with E-state index in [1.807, 2.05) is 0 Å². The summed E-state index contributed by atoms with van der Waals surface area (Å²) in [6, 6.07) is 3.55. The highest BCUT2D eigenvalue weighted by molar-refractivity contribution is 5.15. The summed E-state index contributed by atoms with van der Waals surface area (Å²) in [5.41, 5.74) is -1.21. The van der Waals surface area contributed by atoms with Crippen LogP contribution in [0.1, 0.15) is 6.42 Å². The number of nitrogens with zero attached hydrogens (tertiary/aromatic N) is 1. The molecule has 4 heteroatoms. The molecule has 0 aromatic carbocycles. The van der Waals surface area contributed by atoms with Crippen LogP contribution in [0.25, 0.3) is 0 Å². The minimum Gasteiger partial charge on any atom is -0.489 e. The van der Waals surface area contributed by atoms with Crippen molar-refractivity contribution in [2.24, 2.45) is 0 Å². The minimum absolute atomic E-state index is 0.103. The first-order valence-corrected chi connectivity index (χ1v) is 4.71. The highest BCUT2D eigenvalue weighted by Gasteiger charge is 2.34. The second-order valence-corrected chi connectivity index (χ2v) is 3.56. The fraction of sp³-hybridized carbons (Fsp3) is 0.500. The van der Waals surface area contributed by atoms with E-state index in [4.69, 9.17) is 4.74 Å². The molecular formula is C10H13FN2O. The SMILES string of the molecule is F[C@]1(COc2cccnc2)CCNC1. The monoisotopic (exact) mass is 196 g/mol. The Morgan fingerprint density at radius 3 is 3.21 bits per heavy atom. The number of alkyl halides is 1. The van der Waals surface area contributed by atoms with E-state index in [1.54, 1.807) is 24.5 Å². The maximum atomic E-state index is 13.8. The van der Waals surface area contributed by atoms with E-state index in [9.17, 15) is 4.39 Å². The molecule has 0 bridgehead atoms. The predicted molar refractivity (Wildman–Crippen MR) is 51.1 cm³/mol. The zero-order valence-corrected chi connectivity index (χ0v) is 7.87. The van der Waals surface area contributed by atoms with E-state index in [1.165, 1.54) is 0 Å². The van der Waals surface area contributed by atoms with E-state index in [0.29, 0.717) is 18.7 Å². The molecule has 0 amide bonds. The Hall–Kier alpha value is -1.16. The fourth-order valence-corrected chi connectivity index (χ4v) is 1.48. The van der Waals surface area contributed by atoms with Crippen LogP contribution in [0.2, 0.25) is 0 Å². The topological polar surface area (TPSA) is 34.1 Å². The van der Waals surface area contributed by atoms with Crippen LogP contribution < -0.4 is 10.1 Å². The van der Waals surface area contributed by atoms with Gasteiger partial charge < -0.3 is 10.1 Å². The third-order valence-corrected chi connectivity index (χ3v) is 2.32. The van der Waals surface area contributed by atoms with Gasteiger partial charge in [-0.15, -0.1) is 0 Å². The molecule has 76 valence electrons. The molecular weight excluding hydrogens is 183 g/mol. The van der Waals surface area contributed by atoms with E-state index >= 15 is 0 Å². The second kappa shape index (κ2) is 3.92. The average molecular weight is 196 g/mol. The predicted octanol–water partition coefficient (Wildman–Crippen LogP) is 1.16. The molecule has 0 radical (unpaired) electrons. The first-order chi connectivity index (χ1) is 6.79. The average Bonchev–Trinajstić information content (AvgIpc) is 2.65. The van der Waals surface area contributed by atoms with E-state index in [-0.39, 0.29) is 6.61 Å². The van der Waals surface area contributed by atoms with E-state index in [2.05, 4.69) is 10.3 Å². The molecule has 0 aliphatic carbocycles. The summed E-state index contributed by atoms with van der Waals surface area (Å²) in [5, 5.41) is 2.98. The van der Waals surface area contributed by atoms with Crippen LogP contribution in [-0.2, 0) is 0 Å². The van der Waals surface area contributed by atoms with Crippen molar-refractivity contribution in [1.82, 2.24) is 10.3 Å². The summed E-state index contributed by atoms with van der Waals surface area (Å²) >= 11 is 0. The molecule has 1 fully saturated rings. The lowest BCUT2D eigenvalue weighted by Gasteiger charge is -2.18. The summed E-state index contributed by atoms with van der Waals surface area (Å²) in [6.45, 7) is 1.21. The van der Waals surface area contributed by atoms with Crippen LogP contribution in [0.5, 0.6) is 5.75 Å². The van der Waals surface area contributed by atoms with Crippen LogP contribution >= 0.6 is 0 Å². The first kappa shape index (κ1) is 9.40. The quantitative estimate of drug-likeness (QED) is 0.787. The number of halogens is 1. The lowest BCUT2D eigenvalue weighted by Crippen LogP contribution is -2.33. The summed E-state index contributed by atoms with van der Waals surface area (Å²) in [5.74, 6) is 0.622. The minimum atomic E-state index is -1.21. The molecule has 0 spiro atoms. The molecule has 1 saturated heterocycles. The van der Waals surface area contributed by atoms with Crippen LogP contribution in [0.4, 0.5) is 4.39 Å². The smallest absolute Gasteiger partial charge is 0.158 e. The van der Waals surface area contributed by atoms with Gasteiger partial charge in [0.15, 0.2) is 5.67 Å². The lowest BCUT2D eigenvalue weighted by atomic mass is 10.1. The summed E-state index contributed by atoms with van der Waals surface area (Å²) < 4.78 is 19.1. The molecule has 0 unspecified atom stereocenters. The van der Waals surface area contributed by atoms with Crippen molar-refractivity contribution in [3.63, 3.8) is 0 Å². The van der Waals surface area contributed by atoms with Gasteiger partial charge in [0, 0.05) is 12.7 Å². The number of aromatic nitrogens is 1. The summed E-state index contributed by atoms with van der Waals surface area (Å²) in [4.78, 5) is 3.89. The van der Waals surface area contributed by atoms with Crippen molar-refractivity contribution in [1.29, 1.82) is 0 Å². The number of nitrogens with one attached hydrogen (secondary N) is 1. The Bertz CT molecular complexity index is 285. The van der Waals surface area contributed by atoms with Crippen LogP contribution in [0, 0.1) is 0 Å². The Labute approximate surface area is 82.3 Å². The van der Waals surface area contributed by atoms with Gasteiger partial charge in [0.05, 0.1) is 6.20 Å². The molecule has 3 nitrogen and oxygen atoms in total. The maximum Gasteiger partial charge on any atom is 0.158 e. The molecule has 1 atom stereocenters. The number of rotatable bonds is 3. The summed E-state index contributed by atoms with van der Waals surface area (Å²) in [6.07, 6.45) is 3.77. The normalized spacial score (nSPS) is 26.4. The zero-order chi connectivity index (χ0) is 9.86. The largest absolute Gasteiger partial charge is 0.489 e. The molecule has 1 aromatic heterocycles. The molecule has 2 rings (SSSR count). The Balaban J connectivity index is 1.88. The van der Waals surface area contributed by atoms with Gasteiger partial charge >= 0.3 is 0 Å². The third-order valence-electron chi connectivity index (χ3n) is 2.32. The first-order valence-electron chi connectivity index (χ1n) is 4.71. The van der Waals surface area contributed by atoms with Crippen molar-refractivity contribution >= 4 is 0 Å². The van der Waals surface area contributed by atoms with Gasteiger partial charge in [-0.2, -0.15) is 0 Å². The van der Waals surface area contributed by atoms with Crippen molar-refractivity contribution < 1.29 is 9.13 Å². The van der Waals surface area contributed by atoms with Gasteiger partial charge in [-0.05, 0) is 25.1 Å². The van der Waals surface area contributed by atoms with Crippen LogP contribution in [0.15, 0.2) is 24.5 Å². The van der Waals surface area contributed by atoms with Crippen molar-refractivity contribution in [2.45, 2.75) is 12.1 Å². The van der Waals surface area contributed by atoms with Crippen molar-refractivity contribution in [3.05, 3.63) is 24.5 Å². The van der Waals surface area contributed by atoms with E-state index < -0.39 is 5.67 Å². The molecule has 0 saturated carbocycles. The van der Waals surface area contributed by atoms with Gasteiger partial charge in [0.25, 0.3) is 0 Å². The number of hydrogen-bond acceptors (Lipinski definition) is 3. The standard InChI is InChI=1S/C10H13FN2O/c11-10(3-5-13-7-10)8-14-9-2-1-4-12-6-9/h1-2,4,6,13H,3,5,7-8H2/t10-/m1/s1. The number of ether oxygens (including phenoxy) is 1. The molecule has 1 N–H and O–H groups in total. The molecule has 1 aromatic rings. The van der Waals surface area contributed by atoms with Gasteiger partial charge in [0.2, 0.25) is 0 Å². The molecule has 2 heterocycles. The van der Waals surface area contributed by atoms with Crippen molar-refractivity contribution in [2.75, 3.05) is 19.7 Å². The fourth-order valence-electron chi connectivity index (χ4n) is 1.48. The molecule has 1 aliphatic heterocycles. The highest BCUT2D eigenvalue weighted by atomic mass is 19.1. The Morgan fingerprint density at radius 1 is 1.64 bits per heavy atom. The summed E-state index contributed by atoms with van der Waals surface area (Å²) in [7, 11) is 0. The Morgan fingerprint density at radius 2 is 2.57 bits per heavy atom. The van der Waals surface area contributed by atoms with Gasteiger partial charge in [-0.1, -0.05) is 0 Å². The van der Waals surface area contributed by atoms with Gasteiger partial charge in [0.1, 0.15) is 12.4 Å². The van der Waals surface area contributed by atoms with Crippen LogP contribution in [0.3, 0.4) is 0 Å². The maximum absolute atomic E-state index is 13.8. The van der Waals surface area contributed by atoms with Crippen molar-refractivity contribution in [3.8, 4) is 5.75 Å². The van der Waals surface area contributed by atoms with Crippen LogP contribution in [-0.4, -0.2) is 30.3 Å². The Kier molecular flexibility index (Phi) is 2.63. The number of hydrogen-bond donors (Lipinski definition) is 1. The second-order valence-electron chi connectivity index (χ2n) is 3.56. The molecule has 14 heavy (non-hydrogen) atoms. The highest BCUT2D eigenvalue weighted by Crippen LogP contribution is 2.21. The molecule has 1 aliphatic rings. The van der Waals surface area contributed by atoms with Gasteiger partial charge in [-0.3, -0.25) is 4.98 Å². The van der Waals surface area contributed by atoms with E-state index in [0.717, 1.165) is 6.54 Å². The number of pyridine rings is 1. The lowest BCUT2D eigenvalue weighted by molar-refractivity contribution is 0.103. The third kappa shape index (κ3) is 2.20. The van der Waals surface area contributed by atoms with Gasteiger partial charge in [-0.25, -0.2) is 4.39 Å².